The van der Waals surface area contributed by atoms with E-state index >= 15 is 0 Å². The van der Waals surface area contributed by atoms with E-state index in [1.807, 2.05) is 22.9 Å². The normalized spacial score (nSPS) is 25.8. The van der Waals surface area contributed by atoms with Crippen LogP contribution in [0.4, 0.5) is 0 Å². The summed E-state index contributed by atoms with van der Waals surface area (Å²) >= 11 is 2.74. The Hall–Kier alpha value is -3.24. The van der Waals surface area contributed by atoms with Crippen LogP contribution >= 0.6 is 22.7 Å². The zero-order valence-electron chi connectivity index (χ0n) is 31.9. The molecule has 300 valence electrons. The number of ether oxygens (including phenoxy) is 1. The Morgan fingerprint density at radius 2 is 1.79 bits per heavy atom. The van der Waals surface area contributed by atoms with E-state index in [2.05, 4.69) is 36.6 Å². The molecule has 9 rings (SSSR count). The van der Waals surface area contributed by atoms with E-state index in [1.165, 1.54) is 44.9 Å². The van der Waals surface area contributed by atoms with Crippen molar-refractivity contribution in [1.29, 1.82) is 0 Å². The summed E-state index contributed by atoms with van der Waals surface area (Å²) in [5.74, 6) is -0.409. The fourth-order valence-corrected chi connectivity index (χ4v) is 12.5. The summed E-state index contributed by atoms with van der Waals surface area (Å²) in [6.07, 6.45) is 9.19. The molecule has 3 aromatic heterocycles. The molecule has 5 N–H and O–H groups in total. The highest BCUT2D eigenvalue weighted by atomic mass is 32.1. The van der Waals surface area contributed by atoms with Gasteiger partial charge in [-0.3, -0.25) is 4.79 Å². The molecule has 1 amide bonds. The van der Waals surface area contributed by atoms with Crippen molar-refractivity contribution in [3.8, 4) is 0 Å². The predicted molar refractivity (Wildman–Crippen MR) is 214 cm³/mol. The van der Waals surface area contributed by atoms with Crippen LogP contribution in [0.3, 0.4) is 0 Å². The highest BCUT2D eigenvalue weighted by molar-refractivity contribution is 7.12. The first-order valence-electron chi connectivity index (χ1n) is 20.7. The number of thiophene rings is 2. The molecule has 2 aliphatic heterocycles. The molecule has 1 spiro atoms. The van der Waals surface area contributed by atoms with Crippen LogP contribution in [0.15, 0.2) is 41.1 Å². The van der Waals surface area contributed by atoms with E-state index in [0.29, 0.717) is 35.7 Å². The topological polar surface area (TPSA) is 162 Å². The number of hydrogen-bond acceptors (Lipinski definition) is 12. The third kappa shape index (κ3) is 7.24. The van der Waals surface area contributed by atoms with Crippen LogP contribution < -0.4 is 10.6 Å². The van der Waals surface area contributed by atoms with Crippen LogP contribution in [0, 0.1) is 17.3 Å². The number of rotatable bonds is 13. The Morgan fingerprint density at radius 1 is 1.04 bits per heavy atom. The Bertz CT molecular complexity index is 1970. The molecule has 12 nitrogen and oxygen atoms in total. The monoisotopic (exact) mass is 802 g/mol. The van der Waals surface area contributed by atoms with Gasteiger partial charge in [-0.2, -0.15) is 0 Å². The average Bonchev–Trinajstić information content (AvgIpc) is 4.03. The first-order chi connectivity index (χ1) is 27.2. The van der Waals surface area contributed by atoms with Gasteiger partial charge in [0.2, 0.25) is 11.5 Å². The summed E-state index contributed by atoms with van der Waals surface area (Å²) in [6.45, 7) is 5.11. The molecule has 0 radical (unpaired) electrons. The van der Waals surface area contributed by atoms with E-state index in [-0.39, 0.29) is 35.3 Å². The minimum atomic E-state index is -1.76. The summed E-state index contributed by atoms with van der Waals surface area (Å²) in [4.78, 5) is 29.2. The van der Waals surface area contributed by atoms with E-state index < -0.39 is 23.8 Å². The van der Waals surface area contributed by atoms with E-state index in [4.69, 9.17) is 4.74 Å². The quantitative estimate of drug-likeness (QED) is 0.124. The number of carbonyl (C=O) groups is 2. The van der Waals surface area contributed by atoms with Crippen molar-refractivity contribution in [2.45, 2.75) is 120 Å². The zero-order chi connectivity index (χ0) is 38.4. The maximum absolute atomic E-state index is 13.5. The standard InChI is InChI=1S/C42H54N6O6S2/c49-33-11-9-29(30-10-12-37(51)44-38(30)33)34(50)23-43-22-26-21-32-39(31-6-1-5-28(26)31)48(46-45-32)18-4-17-47-24-41(25-47)15-13-27(14-16-41)54-40(52)42(53,35-7-2-19-55-35)36-8-3-20-56-36/h2-3,7-8,19-21,27,29-30,33-34,38,43,49-50,53H,1,4-6,9-18,22-25H2,(H,44,51)/t29?,30?,33?,34-,38?/m0/s1. The lowest BCUT2D eigenvalue weighted by Crippen LogP contribution is -2.58. The van der Waals surface area contributed by atoms with E-state index in [0.717, 1.165) is 95.9 Å². The van der Waals surface area contributed by atoms with Crippen LogP contribution in [0.2, 0.25) is 0 Å². The molecule has 5 aliphatic rings. The lowest BCUT2D eigenvalue weighted by Gasteiger charge is -2.53. The number of piperidine rings is 1. The van der Waals surface area contributed by atoms with Crippen molar-refractivity contribution < 1.29 is 29.6 Å². The second-order valence-corrected chi connectivity index (χ2v) is 19.1. The predicted octanol–water partition coefficient (Wildman–Crippen LogP) is 4.27. The highest BCUT2D eigenvalue weighted by Gasteiger charge is 2.49. The largest absolute Gasteiger partial charge is 0.460 e. The van der Waals surface area contributed by atoms with Crippen LogP contribution in [0.25, 0.3) is 11.0 Å². The second-order valence-electron chi connectivity index (χ2n) is 17.2. The third-order valence-electron chi connectivity index (χ3n) is 13.7. The summed E-state index contributed by atoms with van der Waals surface area (Å²) in [6, 6.07) is 9.23. The van der Waals surface area contributed by atoms with Gasteiger partial charge in [-0.1, -0.05) is 17.3 Å². The second kappa shape index (κ2) is 15.8. The fourth-order valence-electron chi connectivity index (χ4n) is 10.8. The number of likely N-dealkylation sites (tertiary alicyclic amines) is 1. The molecule has 4 aromatic rings. The summed E-state index contributed by atoms with van der Waals surface area (Å²) in [7, 11) is 0. The molecule has 14 heteroatoms. The first kappa shape index (κ1) is 38.3. The number of esters is 1. The molecule has 1 aromatic carbocycles. The molecular formula is C42H54N6O6S2. The third-order valence-corrected chi connectivity index (χ3v) is 15.6. The number of aromatic nitrogens is 3. The van der Waals surface area contributed by atoms with Gasteiger partial charge in [-0.25, -0.2) is 9.48 Å². The van der Waals surface area contributed by atoms with Gasteiger partial charge in [0.1, 0.15) is 11.6 Å². The van der Waals surface area contributed by atoms with Crippen molar-refractivity contribution in [3.63, 3.8) is 0 Å². The van der Waals surface area contributed by atoms with Gasteiger partial charge in [0, 0.05) is 39.1 Å². The lowest BCUT2D eigenvalue weighted by molar-refractivity contribution is -0.171. The van der Waals surface area contributed by atoms with Crippen LogP contribution in [-0.4, -0.2) is 97.6 Å². The number of hydrogen-bond donors (Lipinski definition) is 5. The van der Waals surface area contributed by atoms with Crippen molar-refractivity contribution in [1.82, 2.24) is 30.5 Å². The van der Waals surface area contributed by atoms with Crippen molar-refractivity contribution in [3.05, 3.63) is 67.5 Å². The molecule has 0 bridgehead atoms. The minimum absolute atomic E-state index is 0.00185. The van der Waals surface area contributed by atoms with Crippen molar-refractivity contribution >= 4 is 45.6 Å². The number of aliphatic hydroxyl groups excluding tert-OH is 2. The Balaban J connectivity index is 0.745. The molecular weight excluding hydrogens is 749 g/mol. The zero-order valence-corrected chi connectivity index (χ0v) is 33.5. The molecule has 2 saturated carbocycles. The van der Waals surface area contributed by atoms with Crippen LogP contribution in [0.5, 0.6) is 0 Å². The number of nitrogens with zero attached hydrogens (tertiary/aromatic N) is 4. The van der Waals surface area contributed by atoms with Crippen LogP contribution in [-0.2, 0) is 45.9 Å². The molecule has 5 atom stereocenters. The maximum Gasteiger partial charge on any atom is 0.349 e. The molecule has 3 aliphatic carbocycles. The number of amides is 1. The molecule has 4 unspecified atom stereocenters. The van der Waals surface area contributed by atoms with E-state index in [9.17, 15) is 24.9 Å². The number of carbonyl (C=O) groups excluding carboxylic acids is 2. The molecule has 2 saturated heterocycles. The van der Waals surface area contributed by atoms with E-state index in [1.54, 1.807) is 12.1 Å². The number of aliphatic hydroxyl groups is 3. The maximum atomic E-state index is 13.5. The summed E-state index contributed by atoms with van der Waals surface area (Å²) in [5, 5.41) is 52.9. The molecule has 56 heavy (non-hydrogen) atoms. The first-order valence-corrected chi connectivity index (χ1v) is 22.4. The summed E-state index contributed by atoms with van der Waals surface area (Å²) in [5.41, 5.74) is 4.65. The SMILES string of the molecule is O=C1CCC2C(N1)C(O)CCC2[C@@H](O)CNCc1cc2nnn(CCCN3CC4(CCC(OC(=O)C(O)(c5cccs5)c5cccs5)CC4)C3)c2c2c1CCC2. The number of nitrogens with one attached hydrogen (secondary N) is 2. The van der Waals surface area contributed by atoms with Gasteiger partial charge >= 0.3 is 5.97 Å². The Kier molecular flexibility index (Phi) is 10.8. The van der Waals surface area contributed by atoms with Gasteiger partial charge < -0.3 is 35.6 Å². The van der Waals surface area contributed by atoms with Gasteiger partial charge in [-0.15, -0.1) is 27.8 Å². The van der Waals surface area contributed by atoms with Gasteiger partial charge in [-0.05, 0) is 140 Å². The Labute approximate surface area is 335 Å². The molecule has 5 heterocycles. The fraction of sp³-hybridized carbons (Fsp3) is 0.619. The summed E-state index contributed by atoms with van der Waals surface area (Å²) < 4.78 is 8.12. The smallest absolute Gasteiger partial charge is 0.349 e. The number of benzene rings is 1. The van der Waals surface area contributed by atoms with Crippen molar-refractivity contribution in [2.75, 3.05) is 26.2 Å². The van der Waals surface area contributed by atoms with Gasteiger partial charge in [0.25, 0.3) is 0 Å². The van der Waals surface area contributed by atoms with Gasteiger partial charge in [0.05, 0.1) is 33.5 Å². The number of aryl methyl sites for hydroxylation is 2. The molecule has 4 fully saturated rings. The minimum Gasteiger partial charge on any atom is -0.460 e. The number of fused-ring (bicyclic) bond motifs is 4. The van der Waals surface area contributed by atoms with Crippen LogP contribution in [0.1, 0.15) is 90.7 Å². The highest BCUT2D eigenvalue weighted by Crippen LogP contribution is 2.46. The lowest BCUT2D eigenvalue weighted by atomic mass is 9.68. The van der Waals surface area contributed by atoms with Crippen molar-refractivity contribution in [2.24, 2.45) is 17.3 Å². The Morgan fingerprint density at radius 3 is 2.52 bits per heavy atom. The average molecular weight is 803 g/mol. The van der Waals surface area contributed by atoms with Gasteiger partial charge in [0.15, 0.2) is 0 Å².